The first-order chi connectivity index (χ1) is 8.27. The summed E-state index contributed by atoms with van der Waals surface area (Å²) in [7, 11) is 0. The minimum atomic E-state index is 0.436. The van der Waals surface area contributed by atoms with Crippen LogP contribution in [0.5, 0.6) is 0 Å². The second-order valence-electron chi connectivity index (χ2n) is 5.67. The van der Waals surface area contributed by atoms with Crippen molar-refractivity contribution in [3.63, 3.8) is 0 Å². The molecule has 1 nitrogen and oxygen atoms in total. The molecule has 2 aliphatic rings. The molecule has 2 aliphatic carbocycles. The average Bonchev–Trinajstić information content (AvgIpc) is 2.84. The molecule has 92 valence electrons. The van der Waals surface area contributed by atoms with Crippen LogP contribution in [0.4, 0.5) is 0 Å². The summed E-state index contributed by atoms with van der Waals surface area (Å²) in [4.78, 5) is 0. The molecule has 0 aromatic heterocycles. The maximum atomic E-state index is 5.93. The highest BCUT2D eigenvalue weighted by Crippen LogP contribution is 2.62. The minimum Gasteiger partial charge on any atom is -0.330 e. The minimum absolute atomic E-state index is 0.436. The van der Waals surface area contributed by atoms with Crippen molar-refractivity contribution >= 4 is 15.9 Å². The normalized spacial score (nSPS) is 32.9. The summed E-state index contributed by atoms with van der Waals surface area (Å²) < 4.78 is 1.17. The van der Waals surface area contributed by atoms with Crippen molar-refractivity contribution in [3.05, 3.63) is 34.3 Å². The van der Waals surface area contributed by atoms with Gasteiger partial charge in [-0.05, 0) is 55.3 Å². The molecule has 2 fully saturated rings. The lowest BCUT2D eigenvalue weighted by Crippen LogP contribution is -2.23. The van der Waals surface area contributed by atoms with Crippen LogP contribution < -0.4 is 5.73 Å². The van der Waals surface area contributed by atoms with E-state index in [1.807, 2.05) is 0 Å². The summed E-state index contributed by atoms with van der Waals surface area (Å²) in [5.41, 5.74) is 7.90. The topological polar surface area (TPSA) is 26.0 Å². The Morgan fingerprint density at radius 3 is 2.35 bits per heavy atom. The van der Waals surface area contributed by atoms with E-state index in [2.05, 4.69) is 40.2 Å². The molecule has 1 aromatic rings. The lowest BCUT2D eigenvalue weighted by Gasteiger charge is -2.25. The lowest BCUT2D eigenvalue weighted by molar-refractivity contribution is 0.386. The van der Waals surface area contributed by atoms with Crippen molar-refractivity contribution in [3.8, 4) is 0 Å². The van der Waals surface area contributed by atoms with Gasteiger partial charge in [-0.3, -0.25) is 0 Å². The smallest absolute Gasteiger partial charge is 0.0175 e. The standard InChI is InChI=1S/C15H20BrN/c16-14-7-5-12(6-8-14)15(9-13(15)10-17)11-3-1-2-4-11/h5-8,11,13H,1-4,9-10,17H2/t13-,15?/m0/s1. The maximum Gasteiger partial charge on any atom is 0.0175 e. The van der Waals surface area contributed by atoms with Crippen LogP contribution in [0.2, 0.25) is 0 Å². The predicted molar refractivity (Wildman–Crippen MR) is 74.9 cm³/mol. The van der Waals surface area contributed by atoms with Gasteiger partial charge in [0.15, 0.2) is 0 Å². The van der Waals surface area contributed by atoms with E-state index in [1.165, 1.54) is 42.1 Å². The molecule has 0 heterocycles. The van der Waals surface area contributed by atoms with Gasteiger partial charge in [-0.15, -0.1) is 0 Å². The second-order valence-corrected chi connectivity index (χ2v) is 6.58. The lowest BCUT2D eigenvalue weighted by atomic mass is 9.79. The van der Waals surface area contributed by atoms with Gasteiger partial charge in [-0.2, -0.15) is 0 Å². The summed E-state index contributed by atoms with van der Waals surface area (Å²) in [5.74, 6) is 1.61. The fraction of sp³-hybridized carbons (Fsp3) is 0.600. The highest BCUT2D eigenvalue weighted by molar-refractivity contribution is 9.10. The third-order valence-electron chi connectivity index (χ3n) is 4.90. The molecule has 1 aromatic carbocycles. The third-order valence-corrected chi connectivity index (χ3v) is 5.43. The number of rotatable bonds is 3. The third kappa shape index (κ3) is 1.86. The molecule has 2 N–H and O–H groups in total. The number of hydrogen-bond acceptors (Lipinski definition) is 1. The van der Waals surface area contributed by atoms with Crippen LogP contribution in [0, 0.1) is 11.8 Å². The Kier molecular flexibility index (Phi) is 3.04. The van der Waals surface area contributed by atoms with Gasteiger partial charge in [0, 0.05) is 9.89 Å². The van der Waals surface area contributed by atoms with Crippen molar-refractivity contribution < 1.29 is 0 Å². The Balaban J connectivity index is 1.92. The van der Waals surface area contributed by atoms with Crippen LogP contribution in [0.1, 0.15) is 37.7 Å². The van der Waals surface area contributed by atoms with E-state index in [1.54, 1.807) is 0 Å². The maximum absolute atomic E-state index is 5.93. The fourth-order valence-corrected chi connectivity index (χ4v) is 4.20. The molecule has 2 atom stereocenters. The van der Waals surface area contributed by atoms with Gasteiger partial charge in [0.2, 0.25) is 0 Å². The molecule has 0 saturated heterocycles. The van der Waals surface area contributed by atoms with Crippen LogP contribution in [0.15, 0.2) is 28.7 Å². The number of benzene rings is 1. The number of hydrogen-bond donors (Lipinski definition) is 1. The van der Waals surface area contributed by atoms with Crippen LogP contribution in [-0.2, 0) is 5.41 Å². The van der Waals surface area contributed by atoms with E-state index in [-0.39, 0.29) is 0 Å². The van der Waals surface area contributed by atoms with E-state index in [0.29, 0.717) is 5.41 Å². The average molecular weight is 294 g/mol. The molecule has 1 unspecified atom stereocenters. The van der Waals surface area contributed by atoms with Crippen LogP contribution in [0.3, 0.4) is 0 Å². The first-order valence-electron chi connectivity index (χ1n) is 6.73. The van der Waals surface area contributed by atoms with Crippen molar-refractivity contribution in [1.82, 2.24) is 0 Å². The Morgan fingerprint density at radius 1 is 1.18 bits per heavy atom. The van der Waals surface area contributed by atoms with E-state index in [4.69, 9.17) is 5.73 Å². The highest BCUT2D eigenvalue weighted by atomic mass is 79.9. The molecule has 2 heteroatoms. The first-order valence-corrected chi connectivity index (χ1v) is 7.53. The van der Waals surface area contributed by atoms with E-state index >= 15 is 0 Å². The van der Waals surface area contributed by atoms with Gasteiger partial charge in [-0.25, -0.2) is 0 Å². The first kappa shape index (κ1) is 11.7. The van der Waals surface area contributed by atoms with Gasteiger partial charge in [0.1, 0.15) is 0 Å². The van der Waals surface area contributed by atoms with Crippen LogP contribution in [0.25, 0.3) is 0 Å². The molecular weight excluding hydrogens is 274 g/mol. The van der Waals surface area contributed by atoms with Crippen molar-refractivity contribution in [2.75, 3.05) is 6.54 Å². The Morgan fingerprint density at radius 2 is 1.82 bits per heavy atom. The highest BCUT2D eigenvalue weighted by Gasteiger charge is 2.58. The van der Waals surface area contributed by atoms with Crippen LogP contribution >= 0.6 is 15.9 Å². The summed E-state index contributed by atoms with van der Waals surface area (Å²) in [6.45, 7) is 0.854. The van der Waals surface area contributed by atoms with Gasteiger partial charge >= 0.3 is 0 Å². The van der Waals surface area contributed by atoms with E-state index < -0.39 is 0 Å². The molecule has 0 aliphatic heterocycles. The van der Waals surface area contributed by atoms with Crippen molar-refractivity contribution in [1.29, 1.82) is 0 Å². The molecule has 0 amide bonds. The molecule has 17 heavy (non-hydrogen) atoms. The van der Waals surface area contributed by atoms with Gasteiger partial charge in [-0.1, -0.05) is 40.9 Å². The molecule has 3 rings (SSSR count). The van der Waals surface area contributed by atoms with Crippen molar-refractivity contribution in [2.45, 2.75) is 37.5 Å². The van der Waals surface area contributed by atoms with E-state index in [9.17, 15) is 0 Å². The summed E-state index contributed by atoms with van der Waals surface area (Å²) in [6.07, 6.45) is 6.97. The summed E-state index contributed by atoms with van der Waals surface area (Å²) in [5, 5.41) is 0. The molecule has 0 spiro atoms. The quantitative estimate of drug-likeness (QED) is 0.900. The number of halogens is 1. The van der Waals surface area contributed by atoms with Gasteiger partial charge < -0.3 is 5.73 Å². The fourth-order valence-electron chi connectivity index (χ4n) is 3.93. The van der Waals surface area contributed by atoms with Gasteiger partial charge in [0.05, 0.1) is 0 Å². The molecular formula is C15H20BrN. The largest absolute Gasteiger partial charge is 0.330 e. The zero-order valence-corrected chi connectivity index (χ0v) is 11.7. The Hall–Kier alpha value is -0.340. The summed E-state index contributed by atoms with van der Waals surface area (Å²) in [6, 6.07) is 8.96. The second kappa shape index (κ2) is 4.40. The predicted octanol–water partition coefficient (Wildman–Crippen LogP) is 3.86. The SMILES string of the molecule is NC[C@@H]1CC1(c1ccc(Br)cc1)C1CCCC1. The Bertz CT molecular complexity index is 394. The zero-order chi connectivity index (χ0) is 11.9. The summed E-state index contributed by atoms with van der Waals surface area (Å²) >= 11 is 3.52. The number of nitrogens with two attached hydrogens (primary N) is 1. The van der Waals surface area contributed by atoms with E-state index in [0.717, 1.165) is 18.4 Å². The van der Waals surface area contributed by atoms with Gasteiger partial charge in [0.25, 0.3) is 0 Å². The zero-order valence-electron chi connectivity index (χ0n) is 10.2. The van der Waals surface area contributed by atoms with Crippen molar-refractivity contribution in [2.24, 2.45) is 17.6 Å². The Labute approximate surface area is 112 Å². The monoisotopic (exact) mass is 293 g/mol. The molecule has 0 bridgehead atoms. The van der Waals surface area contributed by atoms with Crippen LogP contribution in [-0.4, -0.2) is 6.54 Å². The molecule has 2 saturated carbocycles. The molecule has 0 radical (unpaired) electrons.